The van der Waals surface area contributed by atoms with Crippen molar-refractivity contribution in [3.8, 4) is 0 Å². The van der Waals surface area contributed by atoms with Crippen LogP contribution in [0.2, 0.25) is 0 Å². The highest BCUT2D eigenvalue weighted by Crippen LogP contribution is 2.36. The maximum absolute atomic E-state index is 13.7. The Balaban J connectivity index is 1.26. The number of nitro benzene ring substituents is 1. The molecule has 3 heterocycles. The van der Waals surface area contributed by atoms with Gasteiger partial charge < -0.3 is 0 Å². The predicted octanol–water partition coefficient (Wildman–Crippen LogP) is 4.03. The van der Waals surface area contributed by atoms with Crippen molar-refractivity contribution >= 4 is 50.7 Å². The van der Waals surface area contributed by atoms with Crippen molar-refractivity contribution in [2.75, 3.05) is 11.4 Å². The topological polar surface area (TPSA) is 141 Å². The summed E-state index contributed by atoms with van der Waals surface area (Å²) in [7, 11) is 0. The van der Waals surface area contributed by atoms with Crippen LogP contribution in [0.15, 0.2) is 98.8 Å². The summed E-state index contributed by atoms with van der Waals surface area (Å²) in [5.74, 6) is -1.49. The number of carbonyl (C=O) groups excluding carboxylic acids is 3. The smallest absolute Gasteiger partial charge is 0.269 e. The molecule has 0 saturated carbocycles. The third-order valence-corrected chi connectivity index (χ3v) is 7.53. The fraction of sp³-hybridized carbons (Fsp3) is 0.185. The summed E-state index contributed by atoms with van der Waals surface area (Å²) in [6, 6.07) is 19.5. The van der Waals surface area contributed by atoms with E-state index in [4.69, 9.17) is 0 Å². The van der Waals surface area contributed by atoms with Crippen LogP contribution in [0.1, 0.15) is 23.6 Å². The van der Waals surface area contributed by atoms with Crippen LogP contribution < -0.4 is 4.90 Å². The number of amides is 3. The number of anilines is 1. The molecule has 3 amide bonds. The summed E-state index contributed by atoms with van der Waals surface area (Å²) in [4.78, 5) is 51.7. The zero-order chi connectivity index (χ0) is 28.0. The number of non-ortho nitro benzene ring substituents is 1. The molecular formula is C27H20BrN7O5. The minimum absolute atomic E-state index is 0.0629. The molecule has 0 radical (unpaired) electrons. The molecule has 3 aromatic carbocycles. The second kappa shape index (κ2) is 10.1. The first kappa shape index (κ1) is 25.5. The van der Waals surface area contributed by atoms with Gasteiger partial charge in [-0.2, -0.15) is 10.2 Å². The van der Waals surface area contributed by atoms with Gasteiger partial charge in [-0.1, -0.05) is 63.6 Å². The average molecular weight is 602 g/mol. The molecule has 3 aromatic rings. The third kappa shape index (κ3) is 4.43. The third-order valence-electron chi connectivity index (χ3n) is 7.00. The summed E-state index contributed by atoms with van der Waals surface area (Å²) in [5.41, 5.74) is 2.53. The second-order valence-corrected chi connectivity index (χ2v) is 10.3. The first-order valence-electron chi connectivity index (χ1n) is 12.3. The fourth-order valence-electron chi connectivity index (χ4n) is 5.03. The molecule has 0 N–H and O–H groups in total. The van der Waals surface area contributed by atoms with Gasteiger partial charge in [0.05, 0.1) is 22.4 Å². The van der Waals surface area contributed by atoms with Crippen molar-refractivity contribution in [1.29, 1.82) is 0 Å². The van der Waals surface area contributed by atoms with Crippen LogP contribution in [0.25, 0.3) is 0 Å². The molecule has 0 aliphatic carbocycles. The zero-order valence-corrected chi connectivity index (χ0v) is 22.3. The molecule has 1 saturated heterocycles. The Morgan fingerprint density at radius 1 is 0.975 bits per heavy atom. The van der Waals surface area contributed by atoms with Crippen molar-refractivity contribution < 1.29 is 19.3 Å². The van der Waals surface area contributed by atoms with E-state index in [9.17, 15) is 24.5 Å². The number of nitro groups is 1. The Hall–Kier alpha value is -4.78. The highest BCUT2D eigenvalue weighted by molar-refractivity contribution is 9.10. The first-order valence-corrected chi connectivity index (χ1v) is 13.1. The monoisotopic (exact) mass is 601 g/mol. The van der Waals surface area contributed by atoms with E-state index in [0.717, 1.165) is 14.9 Å². The van der Waals surface area contributed by atoms with Crippen molar-refractivity contribution in [1.82, 2.24) is 10.0 Å². The number of hydrogen-bond acceptors (Lipinski definition) is 9. The lowest BCUT2D eigenvalue weighted by molar-refractivity contribution is -0.384. The molecule has 0 aromatic heterocycles. The van der Waals surface area contributed by atoms with Crippen LogP contribution in [0.3, 0.4) is 0 Å². The number of hydrogen-bond donors (Lipinski definition) is 0. The van der Waals surface area contributed by atoms with E-state index in [1.165, 1.54) is 22.2 Å². The van der Waals surface area contributed by atoms with Gasteiger partial charge in [0.1, 0.15) is 6.54 Å². The molecule has 1 fully saturated rings. The molecule has 200 valence electrons. The SMILES string of the molecule is O=C1[C@H]2N=NN(CC(=O)N3N=C(c4ccccc4)C[C@@H]3c3ccc([N+](=O)[O-])cc3)[C@H]2C(=O)N1c1ccc(Br)cc1. The minimum Gasteiger partial charge on any atom is -0.271 e. The number of halogens is 1. The van der Waals surface area contributed by atoms with Crippen LogP contribution >= 0.6 is 15.9 Å². The lowest BCUT2D eigenvalue weighted by Gasteiger charge is -2.25. The van der Waals surface area contributed by atoms with E-state index >= 15 is 0 Å². The molecule has 12 nitrogen and oxygen atoms in total. The van der Waals surface area contributed by atoms with Gasteiger partial charge in [-0.05, 0) is 35.4 Å². The van der Waals surface area contributed by atoms with Crippen LogP contribution in [-0.2, 0) is 14.4 Å². The highest BCUT2D eigenvalue weighted by Gasteiger charge is 2.55. The van der Waals surface area contributed by atoms with Gasteiger partial charge in [-0.3, -0.25) is 29.5 Å². The molecular weight excluding hydrogens is 582 g/mol. The molecule has 0 spiro atoms. The molecule has 0 bridgehead atoms. The van der Waals surface area contributed by atoms with E-state index in [1.54, 1.807) is 36.4 Å². The van der Waals surface area contributed by atoms with Crippen molar-refractivity contribution in [2.45, 2.75) is 24.5 Å². The maximum Gasteiger partial charge on any atom is 0.269 e. The number of fused-ring (bicyclic) bond motifs is 1. The Labute approximate surface area is 235 Å². The summed E-state index contributed by atoms with van der Waals surface area (Å²) in [6.07, 6.45) is 0.385. The van der Waals surface area contributed by atoms with E-state index in [0.29, 0.717) is 23.4 Å². The van der Waals surface area contributed by atoms with E-state index in [2.05, 4.69) is 31.4 Å². The normalized spacial score (nSPS) is 21.7. The minimum atomic E-state index is -1.05. The fourth-order valence-corrected chi connectivity index (χ4v) is 5.30. The Morgan fingerprint density at radius 3 is 2.35 bits per heavy atom. The van der Waals surface area contributed by atoms with Gasteiger partial charge in [0.25, 0.3) is 23.4 Å². The van der Waals surface area contributed by atoms with Crippen LogP contribution in [0.4, 0.5) is 11.4 Å². The maximum atomic E-state index is 13.7. The lowest BCUT2D eigenvalue weighted by atomic mass is 9.98. The van der Waals surface area contributed by atoms with Gasteiger partial charge in [0, 0.05) is 23.0 Å². The number of hydrazone groups is 1. The average Bonchev–Trinajstić information content (AvgIpc) is 3.65. The van der Waals surface area contributed by atoms with Crippen LogP contribution in [-0.4, -0.2) is 57.0 Å². The van der Waals surface area contributed by atoms with Gasteiger partial charge in [0.2, 0.25) is 0 Å². The Bertz CT molecular complexity index is 1580. The summed E-state index contributed by atoms with van der Waals surface area (Å²) >= 11 is 3.34. The standard InChI is InChI=1S/C27H20BrN7O5/c28-18-8-12-19(13-9-18)33-26(37)24-25(27(33)38)32(31-29-24)15-23(36)34-22(17-6-10-20(11-7-17)35(39)40)14-21(30-34)16-4-2-1-3-5-16/h1-13,22,24-25H,14-15H2/t22-,24+,25-/m1/s1. The van der Waals surface area contributed by atoms with E-state index < -0.39 is 40.8 Å². The molecule has 6 rings (SSSR count). The molecule has 3 aliphatic rings. The van der Waals surface area contributed by atoms with Gasteiger partial charge >= 0.3 is 0 Å². The number of nitrogens with zero attached hydrogens (tertiary/aromatic N) is 7. The number of imide groups is 1. The Morgan fingerprint density at radius 2 is 1.68 bits per heavy atom. The van der Waals surface area contributed by atoms with Crippen molar-refractivity contribution in [2.24, 2.45) is 15.4 Å². The van der Waals surface area contributed by atoms with Gasteiger partial charge in [-0.25, -0.2) is 9.91 Å². The second-order valence-electron chi connectivity index (χ2n) is 9.40. The lowest BCUT2D eigenvalue weighted by Crippen LogP contribution is -2.44. The predicted molar refractivity (Wildman–Crippen MR) is 146 cm³/mol. The number of rotatable bonds is 6. The Kier molecular flexibility index (Phi) is 6.42. The zero-order valence-electron chi connectivity index (χ0n) is 20.7. The van der Waals surface area contributed by atoms with Gasteiger partial charge in [0.15, 0.2) is 12.1 Å². The van der Waals surface area contributed by atoms with Crippen LogP contribution in [0, 0.1) is 10.1 Å². The molecule has 0 unspecified atom stereocenters. The molecule has 3 aliphatic heterocycles. The molecule has 40 heavy (non-hydrogen) atoms. The van der Waals surface area contributed by atoms with E-state index in [1.807, 2.05) is 30.3 Å². The van der Waals surface area contributed by atoms with Crippen molar-refractivity contribution in [3.63, 3.8) is 0 Å². The molecule has 13 heteroatoms. The summed E-state index contributed by atoms with van der Waals surface area (Å²) in [6.45, 7) is -0.340. The summed E-state index contributed by atoms with van der Waals surface area (Å²) in [5, 5.41) is 26.3. The largest absolute Gasteiger partial charge is 0.271 e. The van der Waals surface area contributed by atoms with Gasteiger partial charge in [-0.15, -0.1) is 0 Å². The van der Waals surface area contributed by atoms with Crippen molar-refractivity contribution in [3.05, 3.63) is 105 Å². The van der Waals surface area contributed by atoms with Crippen LogP contribution in [0.5, 0.6) is 0 Å². The highest BCUT2D eigenvalue weighted by atomic mass is 79.9. The quantitative estimate of drug-likeness (QED) is 0.237. The number of carbonyl (C=O) groups is 3. The first-order chi connectivity index (χ1) is 19.3. The summed E-state index contributed by atoms with van der Waals surface area (Å²) < 4.78 is 0.797. The van der Waals surface area contributed by atoms with E-state index in [-0.39, 0.29) is 12.2 Å². The number of benzene rings is 3. The molecule has 3 atom stereocenters.